The average molecular weight is 726 g/mol. The monoisotopic (exact) mass is 725 g/mol. The number of benzene rings is 2. The smallest absolute Gasteiger partial charge is 0.240 e. The molecule has 0 bridgehead atoms. The zero-order chi connectivity index (χ0) is 37.5. The summed E-state index contributed by atoms with van der Waals surface area (Å²) >= 11 is 0. The van der Waals surface area contributed by atoms with E-state index in [9.17, 15) is 34.8 Å². The Morgan fingerprint density at radius 2 is 1.85 bits per heavy atom. The topological polar surface area (TPSA) is 229 Å². The van der Waals surface area contributed by atoms with Gasteiger partial charge < -0.3 is 49.8 Å². The molecule has 7 atom stereocenters. The van der Waals surface area contributed by atoms with E-state index in [1.54, 1.807) is 6.92 Å². The molecule has 2 aromatic carbocycles. The fourth-order valence-electron chi connectivity index (χ4n) is 7.64. The Hall–Kier alpha value is -3.96. The second kappa shape index (κ2) is 15.2. The van der Waals surface area contributed by atoms with Crippen molar-refractivity contribution in [2.45, 2.75) is 108 Å². The number of aromatic hydroxyl groups is 2. The number of nitrogens with one attached hydrogen (secondary N) is 1. The lowest BCUT2D eigenvalue weighted by Gasteiger charge is -2.44. The lowest BCUT2D eigenvalue weighted by molar-refractivity contribution is -0.280. The summed E-state index contributed by atoms with van der Waals surface area (Å²) < 4.78 is 29.9. The number of nitrogens with two attached hydrogens (primary N) is 1. The third kappa shape index (κ3) is 7.06. The van der Waals surface area contributed by atoms with Crippen LogP contribution in [-0.2, 0) is 30.2 Å². The molecule has 7 N–H and O–H groups in total. The Balaban J connectivity index is 1.40. The molecular weight excluding hydrogens is 678 g/mol. The predicted molar refractivity (Wildman–Crippen MR) is 184 cm³/mol. The molecule has 15 nitrogen and oxygen atoms in total. The first-order chi connectivity index (χ1) is 24.8. The molecule has 15 heteroatoms. The quantitative estimate of drug-likeness (QED) is 0.100. The molecule has 0 spiro atoms. The summed E-state index contributed by atoms with van der Waals surface area (Å²) in [7, 11) is 1.34. The van der Waals surface area contributed by atoms with Gasteiger partial charge in [-0.15, -0.1) is 0 Å². The van der Waals surface area contributed by atoms with E-state index < -0.39 is 95.7 Å². The van der Waals surface area contributed by atoms with Crippen molar-refractivity contribution < 1.29 is 58.5 Å². The highest BCUT2D eigenvalue weighted by molar-refractivity contribution is 6.31. The average Bonchev–Trinajstić information content (AvgIpc) is 3.10. The van der Waals surface area contributed by atoms with Crippen LogP contribution in [-0.4, -0.2) is 100 Å². The maximum Gasteiger partial charge on any atom is 0.240 e. The number of hydrogen-bond acceptors (Lipinski definition) is 14. The van der Waals surface area contributed by atoms with Crippen molar-refractivity contribution in [1.29, 1.82) is 0 Å². The first-order valence-electron chi connectivity index (χ1n) is 17.7. The molecule has 52 heavy (non-hydrogen) atoms. The van der Waals surface area contributed by atoms with Crippen LogP contribution in [0.25, 0.3) is 0 Å². The number of rotatable bonds is 10. The lowest BCUT2D eigenvalue weighted by Crippen LogP contribution is -2.55. The van der Waals surface area contributed by atoms with Gasteiger partial charge in [-0.25, -0.2) is 5.43 Å². The summed E-state index contributed by atoms with van der Waals surface area (Å²) in [4.78, 5) is 40.4. The molecule has 0 aromatic heterocycles. The molecule has 2 aliphatic heterocycles. The Morgan fingerprint density at radius 3 is 2.50 bits per heavy atom. The molecular formula is C37H47N3O12. The summed E-state index contributed by atoms with van der Waals surface area (Å²) in [5.74, 6) is -3.11. The van der Waals surface area contributed by atoms with Crippen molar-refractivity contribution in [1.82, 2.24) is 5.43 Å². The number of phenols is 2. The maximum absolute atomic E-state index is 14.0. The normalized spacial score (nSPS) is 29.0. The third-order valence-electron chi connectivity index (χ3n) is 10.2. The predicted octanol–water partition coefficient (Wildman–Crippen LogP) is 2.50. The van der Waals surface area contributed by atoms with Crippen LogP contribution in [0.4, 0.5) is 0 Å². The van der Waals surface area contributed by atoms with E-state index in [1.165, 1.54) is 25.3 Å². The summed E-state index contributed by atoms with van der Waals surface area (Å²) in [6, 6.07) is 3.88. The number of hydrogen-bond donors (Lipinski definition) is 6. The van der Waals surface area contributed by atoms with Crippen LogP contribution in [0, 0.1) is 5.92 Å². The number of carbonyl (C=O) groups excluding carboxylic acids is 3. The Morgan fingerprint density at radius 1 is 1.10 bits per heavy atom. The number of amides is 1. The van der Waals surface area contributed by atoms with Gasteiger partial charge in [-0.1, -0.05) is 26.0 Å². The van der Waals surface area contributed by atoms with Gasteiger partial charge in [0.15, 0.2) is 18.4 Å². The van der Waals surface area contributed by atoms with E-state index in [4.69, 9.17) is 29.4 Å². The van der Waals surface area contributed by atoms with Crippen LogP contribution in [0.15, 0.2) is 23.3 Å². The molecule has 0 radical (unpaired) electrons. The third-order valence-corrected chi connectivity index (χ3v) is 10.2. The van der Waals surface area contributed by atoms with Crippen LogP contribution in [0.1, 0.15) is 108 Å². The van der Waals surface area contributed by atoms with Crippen molar-refractivity contribution in [3.05, 3.63) is 51.6 Å². The Labute approximate surface area is 301 Å². The minimum Gasteiger partial charge on any atom is -0.507 e. The maximum atomic E-state index is 14.0. The van der Waals surface area contributed by atoms with Crippen molar-refractivity contribution >= 4 is 23.2 Å². The van der Waals surface area contributed by atoms with E-state index in [2.05, 4.69) is 10.5 Å². The van der Waals surface area contributed by atoms with E-state index in [1.807, 2.05) is 13.8 Å². The van der Waals surface area contributed by atoms with Crippen molar-refractivity contribution in [2.75, 3.05) is 20.3 Å². The van der Waals surface area contributed by atoms with Crippen LogP contribution < -0.4 is 15.9 Å². The molecule has 4 aliphatic rings. The molecule has 2 saturated heterocycles. The van der Waals surface area contributed by atoms with E-state index in [0.717, 1.165) is 19.3 Å². The zero-order valence-electron chi connectivity index (χ0n) is 29.7. The minimum absolute atomic E-state index is 0.0103. The van der Waals surface area contributed by atoms with E-state index >= 15 is 0 Å². The number of hydrazone groups is 1. The van der Waals surface area contributed by atoms with Crippen molar-refractivity contribution in [2.24, 2.45) is 16.8 Å². The SMILES string of the molecule is COc1cccc2c1C(=O)c1c(O)c3c(c(O)c1C2=O)C[C@@](O)(/C(CO)=N/NC(=O)CC(C)C)C[C@@H]3O[C@H]1C[C@H](N)[C@H](O[C@@H]2CCCCO2)[C@H](C)O1. The van der Waals surface area contributed by atoms with E-state index in [0.29, 0.717) is 6.61 Å². The summed E-state index contributed by atoms with van der Waals surface area (Å²) in [6.07, 6.45) is -1.78. The number of phenolic OH excluding ortho intramolecular Hbond substituents is 2. The van der Waals surface area contributed by atoms with Gasteiger partial charge in [0.1, 0.15) is 29.0 Å². The minimum atomic E-state index is -2.08. The molecule has 2 aromatic rings. The summed E-state index contributed by atoms with van der Waals surface area (Å²) in [6.45, 7) is 5.26. The lowest BCUT2D eigenvalue weighted by atomic mass is 9.71. The van der Waals surface area contributed by atoms with Crippen LogP contribution in [0.5, 0.6) is 17.2 Å². The van der Waals surface area contributed by atoms with Crippen molar-refractivity contribution in [3.63, 3.8) is 0 Å². The molecule has 6 rings (SSSR count). The standard InChI is InChI=1S/C37H47N3O12/c1-17(2)12-25(42)40-39-24(16-41)37(47)14-20-29(23(15-37)51-27-13-21(38)36(18(3)50-27)52-26-10-5-6-11-49-26)35(46)31-30(33(20)44)32(43)19-8-7-9-22(48-4)28(19)34(31)45/h7-9,17-18,21,23,26-27,36,41,44,46-47H,5-6,10-16,38H2,1-4H3,(H,40,42)/b39-24+/t18-,21-,23-,26+,27-,36+,37-/m0/s1. The van der Waals surface area contributed by atoms with Gasteiger partial charge in [0, 0.05) is 55.0 Å². The zero-order valence-corrected chi connectivity index (χ0v) is 29.7. The fraction of sp³-hybridized carbons (Fsp3) is 0.568. The largest absolute Gasteiger partial charge is 0.507 e. The number of aliphatic hydroxyl groups excluding tert-OH is 1. The summed E-state index contributed by atoms with van der Waals surface area (Å²) in [5.41, 5.74) is 5.46. The molecule has 1 amide bonds. The second-order valence-corrected chi connectivity index (χ2v) is 14.3. The highest BCUT2D eigenvalue weighted by Gasteiger charge is 2.50. The number of methoxy groups -OCH3 is 1. The van der Waals surface area contributed by atoms with Gasteiger partial charge in [-0.05, 0) is 38.2 Å². The molecule has 0 unspecified atom stereocenters. The van der Waals surface area contributed by atoms with Crippen LogP contribution >= 0.6 is 0 Å². The van der Waals surface area contributed by atoms with Crippen molar-refractivity contribution in [3.8, 4) is 17.2 Å². The van der Waals surface area contributed by atoms with Gasteiger partial charge in [-0.2, -0.15) is 5.10 Å². The van der Waals surface area contributed by atoms with Gasteiger partial charge in [-0.3, -0.25) is 14.4 Å². The first kappa shape index (κ1) is 37.8. The van der Waals surface area contributed by atoms with Gasteiger partial charge in [0.25, 0.3) is 0 Å². The number of fused-ring (bicyclic) bond motifs is 3. The Bertz CT molecular complexity index is 1740. The van der Waals surface area contributed by atoms with Crippen LogP contribution in [0.3, 0.4) is 0 Å². The molecule has 0 saturated carbocycles. The Kier molecular flexibility index (Phi) is 11.0. The number of ether oxygens (including phenoxy) is 5. The van der Waals surface area contributed by atoms with Crippen LogP contribution in [0.2, 0.25) is 0 Å². The highest BCUT2D eigenvalue weighted by atomic mass is 16.7. The number of carbonyl (C=O) groups is 3. The number of ketones is 2. The molecule has 2 aliphatic carbocycles. The molecule has 282 valence electrons. The van der Waals surface area contributed by atoms with Gasteiger partial charge in [0.05, 0.1) is 48.3 Å². The second-order valence-electron chi connectivity index (χ2n) is 14.3. The highest BCUT2D eigenvalue weighted by Crippen LogP contribution is 2.52. The summed E-state index contributed by atoms with van der Waals surface area (Å²) in [5, 5.41) is 50.4. The number of nitrogens with zero attached hydrogens (tertiary/aromatic N) is 1. The number of aliphatic hydroxyl groups is 2. The van der Waals surface area contributed by atoms with Gasteiger partial charge in [0.2, 0.25) is 11.7 Å². The molecule has 2 heterocycles. The van der Waals surface area contributed by atoms with Gasteiger partial charge >= 0.3 is 0 Å². The fourth-order valence-corrected chi connectivity index (χ4v) is 7.64. The first-order valence-corrected chi connectivity index (χ1v) is 17.7. The van der Waals surface area contributed by atoms with E-state index in [-0.39, 0.29) is 58.9 Å². The molecule has 2 fully saturated rings.